The van der Waals surface area contributed by atoms with Gasteiger partial charge in [-0.1, -0.05) is 42.5 Å². The fraction of sp³-hybridized carbons (Fsp3) is 0.263. The molecule has 2 aromatic carbocycles. The normalized spacial score (nSPS) is 11.5. The van der Waals surface area contributed by atoms with Gasteiger partial charge in [0.25, 0.3) is 0 Å². The number of hydrogen-bond donors (Lipinski definition) is 2. The summed E-state index contributed by atoms with van der Waals surface area (Å²) >= 11 is 0. The topological polar surface area (TPSA) is 75.6 Å². The van der Waals surface area contributed by atoms with Gasteiger partial charge in [0.05, 0.1) is 13.5 Å². The Labute approximate surface area is 141 Å². The fourth-order valence-corrected chi connectivity index (χ4v) is 2.49. The van der Waals surface area contributed by atoms with Crippen LogP contribution < -0.4 is 10.1 Å². The van der Waals surface area contributed by atoms with Crippen molar-refractivity contribution < 1.29 is 19.4 Å². The van der Waals surface area contributed by atoms with E-state index < -0.39 is 5.97 Å². The lowest BCUT2D eigenvalue weighted by Crippen LogP contribution is -2.25. The highest BCUT2D eigenvalue weighted by Crippen LogP contribution is 2.25. The van der Waals surface area contributed by atoms with Gasteiger partial charge in [-0.25, -0.2) is 0 Å². The summed E-state index contributed by atoms with van der Waals surface area (Å²) < 4.78 is 5.10. The van der Waals surface area contributed by atoms with Crippen LogP contribution in [0.5, 0.6) is 5.75 Å². The molecule has 1 atom stereocenters. The van der Waals surface area contributed by atoms with Crippen molar-refractivity contribution in [1.29, 1.82) is 0 Å². The molecule has 5 heteroatoms. The molecule has 0 aromatic heterocycles. The van der Waals surface area contributed by atoms with Crippen LogP contribution in [-0.2, 0) is 16.1 Å². The summed E-state index contributed by atoms with van der Waals surface area (Å²) in [4.78, 5) is 23.3. The van der Waals surface area contributed by atoms with Crippen LogP contribution in [0.3, 0.4) is 0 Å². The monoisotopic (exact) mass is 327 g/mol. The van der Waals surface area contributed by atoms with Gasteiger partial charge in [-0.2, -0.15) is 0 Å². The smallest absolute Gasteiger partial charge is 0.303 e. The second-order valence-electron chi connectivity index (χ2n) is 5.53. The molecule has 0 bridgehead atoms. The standard InChI is InChI=1S/C19H21NO4/c1-24-17-9-7-15(8-10-17)16(12-19(22)23)11-18(21)20-13-14-5-3-2-4-6-14/h2-10,16H,11-13H2,1H3,(H,20,21)(H,22,23)/t16-/m0/s1. The third-order valence-electron chi connectivity index (χ3n) is 3.77. The van der Waals surface area contributed by atoms with Crippen LogP contribution in [0, 0.1) is 0 Å². The quantitative estimate of drug-likeness (QED) is 0.781. The van der Waals surface area contributed by atoms with E-state index in [2.05, 4.69) is 5.32 Å². The Hall–Kier alpha value is -2.82. The second-order valence-corrected chi connectivity index (χ2v) is 5.53. The number of nitrogens with one attached hydrogen (secondary N) is 1. The van der Waals surface area contributed by atoms with Crippen molar-refractivity contribution in [3.05, 3.63) is 65.7 Å². The van der Waals surface area contributed by atoms with Crippen LogP contribution in [-0.4, -0.2) is 24.1 Å². The molecule has 5 nitrogen and oxygen atoms in total. The molecule has 0 aliphatic carbocycles. The zero-order chi connectivity index (χ0) is 17.4. The Morgan fingerprint density at radius 3 is 2.29 bits per heavy atom. The number of carbonyl (C=O) groups is 2. The minimum atomic E-state index is -0.924. The summed E-state index contributed by atoms with van der Waals surface area (Å²) in [6, 6.07) is 16.7. The Morgan fingerprint density at radius 2 is 1.71 bits per heavy atom. The van der Waals surface area contributed by atoms with E-state index in [4.69, 9.17) is 9.84 Å². The third-order valence-corrected chi connectivity index (χ3v) is 3.77. The van der Waals surface area contributed by atoms with E-state index in [0.29, 0.717) is 12.3 Å². The summed E-state index contributed by atoms with van der Waals surface area (Å²) in [5.41, 5.74) is 1.82. The van der Waals surface area contributed by atoms with Crippen molar-refractivity contribution in [1.82, 2.24) is 5.32 Å². The zero-order valence-electron chi connectivity index (χ0n) is 13.6. The lowest BCUT2D eigenvalue weighted by atomic mass is 9.92. The van der Waals surface area contributed by atoms with E-state index in [9.17, 15) is 9.59 Å². The molecule has 0 aliphatic rings. The van der Waals surface area contributed by atoms with E-state index in [-0.39, 0.29) is 24.7 Å². The maximum atomic E-state index is 12.2. The summed E-state index contributed by atoms with van der Waals surface area (Å²) in [6.07, 6.45) is 0.0382. The average Bonchev–Trinajstić information content (AvgIpc) is 2.60. The van der Waals surface area contributed by atoms with Gasteiger partial charge in [-0.3, -0.25) is 9.59 Å². The largest absolute Gasteiger partial charge is 0.497 e. The Morgan fingerprint density at radius 1 is 1.04 bits per heavy atom. The van der Waals surface area contributed by atoms with Crippen LogP contribution >= 0.6 is 0 Å². The van der Waals surface area contributed by atoms with Crippen molar-refractivity contribution in [2.75, 3.05) is 7.11 Å². The molecule has 1 amide bonds. The number of carboxylic acids is 1. The second kappa shape index (κ2) is 8.72. The minimum absolute atomic E-state index is 0.0922. The van der Waals surface area contributed by atoms with Gasteiger partial charge in [-0.15, -0.1) is 0 Å². The van der Waals surface area contributed by atoms with Crippen LogP contribution in [0.15, 0.2) is 54.6 Å². The first-order chi connectivity index (χ1) is 11.6. The van der Waals surface area contributed by atoms with Crippen molar-refractivity contribution in [2.24, 2.45) is 0 Å². The maximum Gasteiger partial charge on any atom is 0.303 e. The summed E-state index contributed by atoms with van der Waals surface area (Å²) in [5, 5.41) is 11.9. The van der Waals surface area contributed by atoms with Gasteiger partial charge in [0.15, 0.2) is 0 Å². The first-order valence-corrected chi connectivity index (χ1v) is 7.75. The molecule has 0 unspecified atom stereocenters. The van der Waals surface area contributed by atoms with Crippen LogP contribution in [0.25, 0.3) is 0 Å². The van der Waals surface area contributed by atoms with E-state index in [1.54, 1.807) is 31.4 Å². The van der Waals surface area contributed by atoms with Crippen LogP contribution in [0.2, 0.25) is 0 Å². The van der Waals surface area contributed by atoms with Crippen molar-refractivity contribution in [2.45, 2.75) is 25.3 Å². The average molecular weight is 327 g/mol. The minimum Gasteiger partial charge on any atom is -0.497 e. The molecule has 0 fully saturated rings. The number of benzene rings is 2. The van der Waals surface area contributed by atoms with Crippen molar-refractivity contribution in [3.8, 4) is 5.75 Å². The molecule has 2 rings (SSSR count). The molecule has 0 radical (unpaired) electrons. The lowest BCUT2D eigenvalue weighted by Gasteiger charge is -2.16. The van der Waals surface area contributed by atoms with E-state index in [1.807, 2.05) is 30.3 Å². The molecule has 24 heavy (non-hydrogen) atoms. The number of amides is 1. The number of hydrogen-bond acceptors (Lipinski definition) is 3. The molecule has 0 spiro atoms. The zero-order valence-corrected chi connectivity index (χ0v) is 13.6. The predicted molar refractivity (Wildman–Crippen MR) is 90.9 cm³/mol. The van der Waals surface area contributed by atoms with Crippen LogP contribution in [0.4, 0.5) is 0 Å². The van der Waals surface area contributed by atoms with Crippen molar-refractivity contribution >= 4 is 11.9 Å². The summed E-state index contributed by atoms with van der Waals surface area (Å²) in [6.45, 7) is 0.433. The Kier molecular flexibility index (Phi) is 6.37. The highest BCUT2D eigenvalue weighted by atomic mass is 16.5. The molecule has 2 N–H and O–H groups in total. The van der Waals surface area contributed by atoms with Gasteiger partial charge in [0.2, 0.25) is 5.91 Å². The molecular weight excluding hydrogens is 306 g/mol. The van der Waals surface area contributed by atoms with Crippen molar-refractivity contribution in [3.63, 3.8) is 0 Å². The number of aliphatic carboxylic acids is 1. The number of ether oxygens (including phenoxy) is 1. The highest BCUT2D eigenvalue weighted by molar-refractivity contribution is 5.78. The van der Waals surface area contributed by atoms with E-state index in [1.165, 1.54) is 0 Å². The summed E-state index contributed by atoms with van der Waals surface area (Å²) in [7, 11) is 1.57. The first kappa shape index (κ1) is 17.5. The Bertz CT molecular complexity index is 668. The van der Waals surface area contributed by atoms with Gasteiger partial charge in [0.1, 0.15) is 5.75 Å². The number of carboxylic acid groups (broad SMARTS) is 1. The van der Waals surface area contributed by atoms with Gasteiger partial charge >= 0.3 is 5.97 Å². The van der Waals surface area contributed by atoms with Gasteiger partial charge < -0.3 is 15.2 Å². The molecule has 0 heterocycles. The predicted octanol–water partition coefficient (Wildman–Crippen LogP) is 2.96. The lowest BCUT2D eigenvalue weighted by molar-refractivity contribution is -0.137. The summed E-state index contributed by atoms with van der Waals surface area (Å²) in [5.74, 6) is -0.766. The highest BCUT2D eigenvalue weighted by Gasteiger charge is 2.19. The molecule has 0 aliphatic heterocycles. The molecular formula is C19H21NO4. The van der Waals surface area contributed by atoms with Gasteiger partial charge in [-0.05, 0) is 23.3 Å². The number of carbonyl (C=O) groups excluding carboxylic acids is 1. The van der Waals surface area contributed by atoms with Crippen LogP contribution in [0.1, 0.15) is 29.9 Å². The molecule has 0 saturated carbocycles. The van der Waals surface area contributed by atoms with Gasteiger partial charge in [0, 0.05) is 18.9 Å². The SMILES string of the molecule is COc1ccc([C@H](CC(=O)O)CC(=O)NCc2ccccc2)cc1. The maximum absolute atomic E-state index is 12.2. The number of rotatable bonds is 8. The first-order valence-electron chi connectivity index (χ1n) is 7.75. The van der Waals surface area contributed by atoms with E-state index in [0.717, 1.165) is 11.1 Å². The molecule has 126 valence electrons. The number of methoxy groups -OCH3 is 1. The molecule has 2 aromatic rings. The fourth-order valence-electron chi connectivity index (χ4n) is 2.49. The molecule has 0 saturated heterocycles. The Balaban J connectivity index is 1.99. The third kappa shape index (κ3) is 5.43. The van der Waals surface area contributed by atoms with E-state index >= 15 is 0 Å².